The Labute approximate surface area is 116 Å². The molecule has 0 aromatic heterocycles. The molecule has 1 heterocycles. The number of nitrogens with zero attached hydrogens (tertiary/aromatic N) is 1. The highest BCUT2D eigenvalue weighted by Crippen LogP contribution is 2.17. The molecule has 0 radical (unpaired) electrons. The van der Waals surface area contributed by atoms with E-state index < -0.39 is 10.8 Å². The highest BCUT2D eigenvalue weighted by Gasteiger charge is 2.17. The summed E-state index contributed by atoms with van der Waals surface area (Å²) in [6, 6.07) is 7.94. The van der Waals surface area contributed by atoms with Crippen LogP contribution in [0.1, 0.15) is 23.2 Å². The van der Waals surface area contributed by atoms with Crippen molar-refractivity contribution in [2.24, 2.45) is 0 Å². The van der Waals surface area contributed by atoms with E-state index in [1.165, 1.54) is 0 Å². The number of rotatable bonds is 3. The van der Waals surface area contributed by atoms with Gasteiger partial charge in [-0.3, -0.25) is 9.00 Å². The van der Waals surface area contributed by atoms with Crippen molar-refractivity contribution in [3.05, 3.63) is 29.8 Å². The summed E-state index contributed by atoms with van der Waals surface area (Å²) in [6.07, 6.45) is 1.90. The molecule has 1 fully saturated rings. The van der Waals surface area contributed by atoms with Gasteiger partial charge in [0.2, 0.25) is 0 Å². The maximum Gasteiger partial charge on any atom is 0.253 e. The third kappa shape index (κ3) is 3.80. The number of nitrogens with one attached hydrogen (secondary N) is 1. The highest BCUT2D eigenvalue weighted by molar-refractivity contribution is 7.85. The zero-order chi connectivity index (χ0) is 13.8. The van der Waals surface area contributed by atoms with Gasteiger partial charge in [0.15, 0.2) is 0 Å². The van der Waals surface area contributed by atoms with Crippen LogP contribution in [0, 0.1) is 0 Å². The monoisotopic (exact) mass is 280 g/mol. The van der Waals surface area contributed by atoms with Gasteiger partial charge in [0, 0.05) is 53.7 Å². The van der Waals surface area contributed by atoms with Crippen LogP contribution in [0.2, 0.25) is 0 Å². The molecule has 1 amide bonds. The van der Waals surface area contributed by atoms with Gasteiger partial charge >= 0.3 is 0 Å². The fourth-order valence-corrected chi connectivity index (χ4v) is 3.44. The Morgan fingerprint density at radius 2 is 1.79 bits per heavy atom. The molecular weight excluding hydrogens is 260 g/mol. The maximum absolute atomic E-state index is 11.8. The molecule has 1 aliphatic heterocycles. The SMILES string of the molecule is CN(C)C(=O)c1ccc(NC2CCS(=O)CC2)cc1. The minimum absolute atomic E-state index is 0.0135. The summed E-state index contributed by atoms with van der Waals surface area (Å²) in [5.41, 5.74) is 1.72. The van der Waals surface area contributed by atoms with Crippen molar-refractivity contribution in [3.63, 3.8) is 0 Å². The fraction of sp³-hybridized carbons (Fsp3) is 0.500. The van der Waals surface area contributed by atoms with E-state index >= 15 is 0 Å². The molecule has 19 heavy (non-hydrogen) atoms. The quantitative estimate of drug-likeness (QED) is 0.917. The zero-order valence-corrected chi connectivity index (χ0v) is 12.2. The molecule has 0 aliphatic carbocycles. The van der Waals surface area contributed by atoms with Gasteiger partial charge in [-0.15, -0.1) is 0 Å². The van der Waals surface area contributed by atoms with Crippen molar-refractivity contribution in [2.75, 3.05) is 30.9 Å². The standard InChI is InChI=1S/C14H20N2O2S/c1-16(2)14(17)11-3-5-12(6-4-11)15-13-7-9-19(18)10-8-13/h3-6,13,15H,7-10H2,1-2H3. The van der Waals surface area contributed by atoms with Crippen LogP contribution >= 0.6 is 0 Å². The molecule has 0 saturated carbocycles. The summed E-state index contributed by atoms with van der Waals surface area (Å²) in [5.74, 6) is 1.59. The van der Waals surface area contributed by atoms with E-state index in [4.69, 9.17) is 0 Å². The van der Waals surface area contributed by atoms with Gasteiger partial charge in [0.25, 0.3) is 5.91 Å². The molecule has 1 aromatic rings. The van der Waals surface area contributed by atoms with Gasteiger partial charge < -0.3 is 10.2 Å². The molecule has 5 heteroatoms. The van der Waals surface area contributed by atoms with Crippen molar-refractivity contribution in [3.8, 4) is 0 Å². The lowest BCUT2D eigenvalue weighted by atomic mass is 10.1. The van der Waals surface area contributed by atoms with Gasteiger partial charge in [-0.05, 0) is 37.1 Å². The normalized spacial score (nSPS) is 22.8. The van der Waals surface area contributed by atoms with Crippen LogP contribution in [0.3, 0.4) is 0 Å². The lowest BCUT2D eigenvalue weighted by Gasteiger charge is -2.23. The van der Waals surface area contributed by atoms with E-state index in [2.05, 4.69) is 5.32 Å². The minimum Gasteiger partial charge on any atom is -0.382 e. The molecule has 4 nitrogen and oxygen atoms in total. The number of anilines is 1. The molecule has 0 unspecified atom stereocenters. The first kappa shape index (κ1) is 14.1. The Hall–Kier alpha value is -1.36. The van der Waals surface area contributed by atoms with Gasteiger partial charge in [-0.25, -0.2) is 0 Å². The third-order valence-corrected chi connectivity index (χ3v) is 4.68. The summed E-state index contributed by atoms with van der Waals surface area (Å²) in [5, 5.41) is 3.44. The smallest absolute Gasteiger partial charge is 0.253 e. The second-order valence-corrected chi connectivity index (χ2v) is 6.74. The van der Waals surface area contributed by atoms with Crippen molar-refractivity contribution in [2.45, 2.75) is 18.9 Å². The molecule has 0 atom stereocenters. The van der Waals surface area contributed by atoms with E-state index in [1.807, 2.05) is 24.3 Å². The van der Waals surface area contributed by atoms with E-state index in [0.717, 1.165) is 30.0 Å². The van der Waals surface area contributed by atoms with E-state index in [9.17, 15) is 9.00 Å². The number of hydrogen-bond acceptors (Lipinski definition) is 3. The molecule has 0 spiro atoms. The molecule has 1 aromatic carbocycles. The van der Waals surface area contributed by atoms with Gasteiger partial charge in [-0.2, -0.15) is 0 Å². The summed E-state index contributed by atoms with van der Waals surface area (Å²) in [4.78, 5) is 13.3. The first-order valence-corrected chi connectivity index (χ1v) is 7.98. The molecular formula is C14H20N2O2S. The largest absolute Gasteiger partial charge is 0.382 e. The molecule has 1 aliphatic rings. The lowest BCUT2D eigenvalue weighted by Crippen LogP contribution is -2.29. The summed E-state index contributed by atoms with van der Waals surface area (Å²) >= 11 is 0. The third-order valence-electron chi connectivity index (χ3n) is 3.30. The Balaban J connectivity index is 1.95. The Kier molecular flexibility index (Phi) is 4.58. The predicted octanol–water partition coefficient (Wildman–Crippen LogP) is 1.71. The predicted molar refractivity (Wildman–Crippen MR) is 79.0 cm³/mol. The molecule has 1 N–H and O–H groups in total. The van der Waals surface area contributed by atoms with Crippen LogP contribution in [-0.4, -0.2) is 46.7 Å². The van der Waals surface area contributed by atoms with Gasteiger partial charge in [0.05, 0.1) is 0 Å². The van der Waals surface area contributed by atoms with Gasteiger partial charge in [0.1, 0.15) is 0 Å². The summed E-state index contributed by atoms with van der Waals surface area (Å²) in [6.45, 7) is 0. The molecule has 0 bridgehead atoms. The van der Waals surface area contributed by atoms with Crippen molar-refractivity contribution in [1.29, 1.82) is 0 Å². The number of hydrogen-bond donors (Lipinski definition) is 1. The zero-order valence-electron chi connectivity index (χ0n) is 11.4. The Bertz CT molecular complexity index is 461. The number of amides is 1. The highest BCUT2D eigenvalue weighted by atomic mass is 32.2. The maximum atomic E-state index is 11.8. The van der Waals surface area contributed by atoms with E-state index in [0.29, 0.717) is 11.6 Å². The number of carbonyl (C=O) groups excluding carboxylic acids is 1. The van der Waals surface area contributed by atoms with E-state index in [-0.39, 0.29) is 5.91 Å². The van der Waals surface area contributed by atoms with Crippen LogP contribution in [-0.2, 0) is 10.8 Å². The topological polar surface area (TPSA) is 49.4 Å². The Morgan fingerprint density at radius 3 is 2.32 bits per heavy atom. The van der Waals surface area contributed by atoms with E-state index in [1.54, 1.807) is 19.0 Å². The average molecular weight is 280 g/mol. The van der Waals surface area contributed by atoms with Crippen LogP contribution in [0.4, 0.5) is 5.69 Å². The van der Waals surface area contributed by atoms with Crippen molar-refractivity contribution >= 4 is 22.4 Å². The molecule has 2 rings (SSSR count). The lowest BCUT2D eigenvalue weighted by molar-refractivity contribution is 0.0827. The second-order valence-electron chi connectivity index (χ2n) is 5.04. The van der Waals surface area contributed by atoms with Crippen molar-refractivity contribution < 1.29 is 9.00 Å². The first-order valence-electron chi connectivity index (χ1n) is 6.49. The average Bonchev–Trinajstić information content (AvgIpc) is 2.41. The first-order chi connectivity index (χ1) is 9.06. The van der Waals surface area contributed by atoms with Crippen LogP contribution in [0.15, 0.2) is 24.3 Å². The Morgan fingerprint density at radius 1 is 1.21 bits per heavy atom. The van der Waals surface area contributed by atoms with Gasteiger partial charge in [-0.1, -0.05) is 0 Å². The second kappa shape index (κ2) is 6.19. The fourth-order valence-electron chi connectivity index (χ4n) is 2.14. The summed E-state index contributed by atoms with van der Waals surface area (Å²) < 4.78 is 11.3. The minimum atomic E-state index is -0.624. The number of carbonyl (C=O) groups is 1. The molecule has 1 saturated heterocycles. The van der Waals surface area contributed by atoms with Crippen LogP contribution < -0.4 is 5.32 Å². The van der Waals surface area contributed by atoms with Crippen molar-refractivity contribution in [1.82, 2.24) is 4.90 Å². The number of benzene rings is 1. The van der Waals surface area contributed by atoms with Crippen LogP contribution in [0.25, 0.3) is 0 Å². The molecule has 104 valence electrons. The summed E-state index contributed by atoms with van der Waals surface area (Å²) in [7, 11) is 2.87. The van der Waals surface area contributed by atoms with Crippen LogP contribution in [0.5, 0.6) is 0 Å².